The van der Waals surface area contributed by atoms with Crippen molar-refractivity contribution in [2.75, 3.05) is 6.61 Å². The summed E-state index contributed by atoms with van der Waals surface area (Å²) in [7, 11) is 0. The SMILES string of the molecule is CC(=O)N=C(N)/C(F)=C\CC1C=CC(COC(=O)O)O1. The first kappa shape index (κ1) is 15.8. The highest BCUT2D eigenvalue weighted by atomic mass is 19.1. The molecule has 0 aromatic heterocycles. The Balaban J connectivity index is 2.42. The number of nitrogens with zero attached hydrogens (tertiary/aromatic N) is 1. The monoisotopic (exact) mass is 286 g/mol. The van der Waals surface area contributed by atoms with Gasteiger partial charge in [-0.05, 0) is 12.5 Å². The molecule has 0 aromatic carbocycles. The number of aliphatic imine (C=N–C) groups is 1. The number of amidine groups is 1. The molecule has 0 spiro atoms. The van der Waals surface area contributed by atoms with Gasteiger partial charge in [0.2, 0.25) is 5.91 Å². The Morgan fingerprint density at radius 3 is 2.75 bits per heavy atom. The molecular weight excluding hydrogens is 271 g/mol. The van der Waals surface area contributed by atoms with Crippen LogP contribution in [0.2, 0.25) is 0 Å². The molecule has 0 aliphatic carbocycles. The van der Waals surface area contributed by atoms with E-state index in [0.717, 1.165) is 13.0 Å². The summed E-state index contributed by atoms with van der Waals surface area (Å²) in [6.45, 7) is 1.04. The van der Waals surface area contributed by atoms with Crippen molar-refractivity contribution in [3.63, 3.8) is 0 Å². The van der Waals surface area contributed by atoms with Crippen molar-refractivity contribution in [1.29, 1.82) is 0 Å². The molecule has 1 rings (SSSR count). The first-order valence-corrected chi connectivity index (χ1v) is 5.78. The Morgan fingerprint density at radius 2 is 2.15 bits per heavy atom. The summed E-state index contributed by atoms with van der Waals surface area (Å²) < 4.78 is 23.2. The zero-order chi connectivity index (χ0) is 15.1. The fourth-order valence-corrected chi connectivity index (χ4v) is 1.49. The van der Waals surface area contributed by atoms with Gasteiger partial charge in [0.05, 0.1) is 6.10 Å². The minimum atomic E-state index is -1.38. The van der Waals surface area contributed by atoms with E-state index in [4.69, 9.17) is 15.6 Å². The van der Waals surface area contributed by atoms with E-state index in [1.54, 1.807) is 12.2 Å². The van der Waals surface area contributed by atoms with Gasteiger partial charge in [-0.3, -0.25) is 4.79 Å². The van der Waals surface area contributed by atoms with Crippen LogP contribution in [0.3, 0.4) is 0 Å². The van der Waals surface area contributed by atoms with Gasteiger partial charge in [0.1, 0.15) is 12.7 Å². The van der Waals surface area contributed by atoms with Crippen molar-refractivity contribution in [3.05, 3.63) is 24.1 Å². The molecule has 0 saturated carbocycles. The third-order valence-corrected chi connectivity index (χ3v) is 2.31. The molecule has 1 heterocycles. The van der Waals surface area contributed by atoms with Crippen LogP contribution in [0, 0.1) is 0 Å². The molecule has 2 unspecified atom stereocenters. The molecule has 0 saturated heterocycles. The molecule has 8 heteroatoms. The first-order chi connectivity index (χ1) is 9.38. The number of hydrogen-bond acceptors (Lipinski definition) is 4. The first-order valence-electron chi connectivity index (χ1n) is 5.78. The Kier molecular flexibility index (Phi) is 5.85. The second-order valence-corrected chi connectivity index (χ2v) is 3.98. The van der Waals surface area contributed by atoms with Crippen molar-refractivity contribution >= 4 is 17.9 Å². The zero-order valence-corrected chi connectivity index (χ0v) is 10.8. The molecular formula is C12H15FN2O5. The van der Waals surface area contributed by atoms with Crippen LogP contribution in [-0.4, -0.2) is 41.8 Å². The van der Waals surface area contributed by atoms with Crippen LogP contribution in [0.4, 0.5) is 9.18 Å². The van der Waals surface area contributed by atoms with Gasteiger partial charge < -0.3 is 20.3 Å². The predicted molar refractivity (Wildman–Crippen MR) is 67.9 cm³/mol. The molecule has 1 amide bonds. The number of carbonyl (C=O) groups excluding carboxylic acids is 1. The molecule has 20 heavy (non-hydrogen) atoms. The lowest BCUT2D eigenvalue weighted by atomic mass is 10.2. The van der Waals surface area contributed by atoms with E-state index in [2.05, 4.69) is 9.73 Å². The molecule has 0 radical (unpaired) electrons. The van der Waals surface area contributed by atoms with Gasteiger partial charge in [0, 0.05) is 6.92 Å². The highest BCUT2D eigenvalue weighted by Crippen LogP contribution is 2.16. The molecule has 2 atom stereocenters. The molecule has 7 nitrogen and oxygen atoms in total. The van der Waals surface area contributed by atoms with Crippen LogP contribution in [0.1, 0.15) is 13.3 Å². The van der Waals surface area contributed by atoms with E-state index < -0.39 is 35.9 Å². The number of nitrogens with two attached hydrogens (primary N) is 1. The summed E-state index contributed by atoms with van der Waals surface area (Å²) in [6, 6.07) is 0. The van der Waals surface area contributed by atoms with Crippen molar-refractivity contribution in [2.45, 2.75) is 25.6 Å². The molecule has 0 aromatic rings. The minimum absolute atomic E-state index is 0.123. The number of rotatable bonds is 5. The van der Waals surface area contributed by atoms with Gasteiger partial charge in [-0.15, -0.1) is 0 Å². The fraction of sp³-hybridized carbons (Fsp3) is 0.417. The summed E-state index contributed by atoms with van der Waals surface area (Å²) in [4.78, 5) is 24.1. The number of ether oxygens (including phenoxy) is 2. The molecule has 3 N–H and O–H groups in total. The van der Waals surface area contributed by atoms with Crippen molar-refractivity contribution in [1.82, 2.24) is 0 Å². The summed E-state index contributed by atoms with van der Waals surface area (Å²) in [5, 5.41) is 8.33. The summed E-state index contributed by atoms with van der Waals surface area (Å²) >= 11 is 0. The molecule has 1 aliphatic heterocycles. The van der Waals surface area contributed by atoms with Crippen LogP contribution in [-0.2, 0) is 14.3 Å². The van der Waals surface area contributed by atoms with Crippen LogP contribution < -0.4 is 5.73 Å². The highest BCUT2D eigenvalue weighted by Gasteiger charge is 2.20. The smallest absolute Gasteiger partial charge is 0.450 e. The number of hydrogen-bond donors (Lipinski definition) is 2. The molecule has 0 bridgehead atoms. The molecule has 1 aliphatic rings. The van der Waals surface area contributed by atoms with Gasteiger partial charge in [-0.1, -0.05) is 12.2 Å². The Labute approximate surface area is 114 Å². The number of halogens is 1. The van der Waals surface area contributed by atoms with Crippen LogP contribution in [0.25, 0.3) is 0 Å². The molecule has 0 fully saturated rings. The summed E-state index contributed by atoms with van der Waals surface area (Å²) in [5.41, 5.74) is 5.25. The maximum atomic E-state index is 13.4. The lowest BCUT2D eigenvalue weighted by molar-refractivity contribution is -0.115. The maximum Gasteiger partial charge on any atom is 0.505 e. The van der Waals surface area contributed by atoms with E-state index in [9.17, 15) is 14.0 Å². The van der Waals surface area contributed by atoms with E-state index in [0.29, 0.717) is 0 Å². The third-order valence-electron chi connectivity index (χ3n) is 2.31. The lowest BCUT2D eigenvalue weighted by Crippen LogP contribution is -2.19. The van der Waals surface area contributed by atoms with Crippen molar-refractivity contribution in [3.8, 4) is 0 Å². The Hall–Kier alpha value is -2.22. The zero-order valence-electron chi connectivity index (χ0n) is 10.8. The fourth-order valence-electron chi connectivity index (χ4n) is 1.49. The average molecular weight is 286 g/mol. The summed E-state index contributed by atoms with van der Waals surface area (Å²) in [5.74, 6) is -1.87. The van der Waals surface area contributed by atoms with E-state index in [-0.39, 0.29) is 13.0 Å². The van der Waals surface area contributed by atoms with Crippen LogP contribution in [0.5, 0.6) is 0 Å². The number of carboxylic acid groups (broad SMARTS) is 1. The normalized spacial score (nSPS) is 22.9. The second kappa shape index (κ2) is 7.39. The van der Waals surface area contributed by atoms with E-state index >= 15 is 0 Å². The van der Waals surface area contributed by atoms with Crippen LogP contribution >= 0.6 is 0 Å². The number of carbonyl (C=O) groups is 2. The van der Waals surface area contributed by atoms with Crippen LogP contribution in [0.15, 0.2) is 29.0 Å². The average Bonchev–Trinajstić information content (AvgIpc) is 2.80. The van der Waals surface area contributed by atoms with Gasteiger partial charge in [-0.25, -0.2) is 9.18 Å². The highest BCUT2D eigenvalue weighted by molar-refractivity contribution is 6.01. The predicted octanol–water partition coefficient (Wildman–Crippen LogP) is 1.15. The Bertz CT molecular complexity index is 472. The van der Waals surface area contributed by atoms with Crippen molar-refractivity contribution < 1.29 is 28.6 Å². The maximum absolute atomic E-state index is 13.4. The largest absolute Gasteiger partial charge is 0.505 e. The second-order valence-electron chi connectivity index (χ2n) is 3.98. The van der Waals surface area contributed by atoms with E-state index in [1.165, 1.54) is 0 Å². The standard InChI is InChI=1S/C12H15FN2O5/c1-7(16)15-11(14)10(13)5-4-8-2-3-9(20-8)6-19-12(17)18/h2-3,5,8-9H,4,6H2,1H3,(H,17,18)(H2,14,15,16)/b10-5+. The lowest BCUT2D eigenvalue weighted by Gasteiger charge is -2.12. The van der Waals surface area contributed by atoms with Gasteiger partial charge >= 0.3 is 6.16 Å². The van der Waals surface area contributed by atoms with Crippen molar-refractivity contribution in [2.24, 2.45) is 10.7 Å². The summed E-state index contributed by atoms with van der Waals surface area (Å²) in [6.07, 6.45) is 2.34. The van der Waals surface area contributed by atoms with E-state index in [1.807, 2.05) is 0 Å². The van der Waals surface area contributed by atoms with Gasteiger partial charge in [0.15, 0.2) is 11.7 Å². The topological polar surface area (TPSA) is 111 Å². The molecule has 110 valence electrons. The third kappa shape index (κ3) is 5.61. The Morgan fingerprint density at radius 1 is 1.50 bits per heavy atom. The minimum Gasteiger partial charge on any atom is -0.450 e. The van der Waals surface area contributed by atoms with Gasteiger partial charge in [0.25, 0.3) is 0 Å². The van der Waals surface area contributed by atoms with Gasteiger partial charge in [-0.2, -0.15) is 4.99 Å². The number of amides is 1. The quantitative estimate of drug-likeness (QED) is 0.339.